The number of aliphatic hydroxyl groups excluding tert-OH is 4. The van der Waals surface area contributed by atoms with Crippen LogP contribution in [0, 0.1) is 0 Å². The molecule has 7 heteroatoms. The van der Waals surface area contributed by atoms with E-state index in [1.54, 1.807) is 0 Å². The van der Waals surface area contributed by atoms with Gasteiger partial charge in [-0.25, -0.2) is 0 Å². The average molecular weight is 199 g/mol. The van der Waals surface area contributed by atoms with Gasteiger partial charge in [0.25, 0.3) is 0 Å². The monoisotopic (exact) mass is 199 g/mol. The van der Waals surface area contributed by atoms with Gasteiger partial charge in [0, 0.05) is 0 Å². The van der Waals surface area contributed by atoms with Crippen molar-refractivity contribution in [3.05, 3.63) is 0 Å². The third-order valence-electron chi connectivity index (χ3n) is 1.95. The molecule has 6 N–H and O–H groups in total. The summed E-state index contributed by atoms with van der Waals surface area (Å²) >= 11 is 0. The maximum absolute atomic E-state index is 9.20. The number of halogens is 1. The van der Waals surface area contributed by atoms with E-state index in [0.29, 0.717) is 0 Å². The molecule has 0 aromatic carbocycles. The zero-order valence-corrected chi connectivity index (χ0v) is 6.78. The Labute approximate surface area is 73.9 Å². The molecule has 0 saturated carbocycles. The molecule has 1 aliphatic rings. The van der Waals surface area contributed by atoms with Crippen molar-refractivity contribution in [2.24, 2.45) is 5.73 Å². The van der Waals surface area contributed by atoms with Crippen molar-refractivity contribution >= 4 is 0 Å². The first-order valence-electron chi connectivity index (χ1n) is 3.64. The average Bonchev–Trinajstić information content (AvgIpc) is 2.08. The van der Waals surface area contributed by atoms with E-state index in [-0.39, 0.29) is 4.70 Å². The molecule has 0 aromatic rings. The summed E-state index contributed by atoms with van der Waals surface area (Å²) < 4.78 is 4.70. The third kappa shape index (κ3) is 2.33. The lowest BCUT2D eigenvalue weighted by Crippen LogP contribution is -2.61. The van der Waals surface area contributed by atoms with Crippen LogP contribution in [0.1, 0.15) is 0 Å². The highest BCUT2D eigenvalue weighted by atomic mass is 19.0. The summed E-state index contributed by atoms with van der Waals surface area (Å²) in [5.74, 6) is 0. The van der Waals surface area contributed by atoms with E-state index in [2.05, 4.69) is 0 Å². The molecule has 1 unspecified atom stereocenters. The highest BCUT2D eigenvalue weighted by Gasteiger charge is 2.41. The number of rotatable bonds is 1. The quantitative estimate of drug-likeness (QED) is 0.305. The molecule has 1 saturated heterocycles. The van der Waals surface area contributed by atoms with Crippen LogP contribution in [0.25, 0.3) is 0 Å². The first kappa shape index (κ1) is 12.7. The maximum atomic E-state index is 9.20. The van der Waals surface area contributed by atoms with E-state index in [9.17, 15) is 10.2 Å². The Bertz CT molecular complexity index is 155. The SMILES string of the molecule is F.N[C@H]1C(O)O[C@H](CO)[C@@H](O)[C@@H]1O. The summed E-state index contributed by atoms with van der Waals surface area (Å²) in [5, 5.41) is 36.1. The fraction of sp³-hybridized carbons (Fsp3) is 1.00. The van der Waals surface area contributed by atoms with Crippen LogP contribution in [0.3, 0.4) is 0 Å². The highest BCUT2D eigenvalue weighted by molar-refractivity contribution is 4.90. The summed E-state index contributed by atoms with van der Waals surface area (Å²) in [7, 11) is 0. The van der Waals surface area contributed by atoms with E-state index >= 15 is 0 Å². The fourth-order valence-electron chi connectivity index (χ4n) is 1.12. The van der Waals surface area contributed by atoms with Gasteiger partial charge in [-0.15, -0.1) is 0 Å². The van der Waals surface area contributed by atoms with Gasteiger partial charge >= 0.3 is 0 Å². The van der Waals surface area contributed by atoms with Crippen molar-refractivity contribution in [3.63, 3.8) is 0 Å². The molecule has 6 nitrogen and oxygen atoms in total. The molecular formula is C6H14FNO5. The molecule has 0 amide bonds. The van der Waals surface area contributed by atoms with Gasteiger partial charge in [-0.3, -0.25) is 4.70 Å². The van der Waals surface area contributed by atoms with Crippen LogP contribution in [0.5, 0.6) is 0 Å². The predicted octanol–water partition coefficient (Wildman–Crippen LogP) is -3.10. The molecule has 0 aromatic heterocycles. The first-order valence-corrected chi connectivity index (χ1v) is 3.64. The Kier molecular flexibility index (Phi) is 4.68. The normalized spacial score (nSPS) is 45.5. The zero-order chi connectivity index (χ0) is 9.30. The molecule has 1 heterocycles. The second-order valence-corrected chi connectivity index (χ2v) is 2.81. The van der Waals surface area contributed by atoms with Crippen LogP contribution in [-0.2, 0) is 4.74 Å². The minimum atomic E-state index is -1.35. The van der Waals surface area contributed by atoms with Crippen LogP contribution < -0.4 is 5.73 Å². The van der Waals surface area contributed by atoms with Gasteiger partial charge in [-0.1, -0.05) is 0 Å². The second-order valence-electron chi connectivity index (χ2n) is 2.81. The fourth-order valence-corrected chi connectivity index (χ4v) is 1.12. The Hall–Kier alpha value is -0.310. The minimum Gasteiger partial charge on any atom is -0.394 e. The van der Waals surface area contributed by atoms with E-state index in [0.717, 1.165) is 0 Å². The molecule has 0 bridgehead atoms. The van der Waals surface area contributed by atoms with Gasteiger partial charge in [0.15, 0.2) is 6.29 Å². The Balaban J connectivity index is 0.00000144. The van der Waals surface area contributed by atoms with Gasteiger partial charge in [0.2, 0.25) is 0 Å². The van der Waals surface area contributed by atoms with Crippen LogP contribution in [0.4, 0.5) is 4.70 Å². The topological polar surface area (TPSA) is 116 Å². The second kappa shape index (κ2) is 4.80. The predicted molar refractivity (Wildman–Crippen MR) is 40.5 cm³/mol. The van der Waals surface area contributed by atoms with Gasteiger partial charge in [-0.2, -0.15) is 0 Å². The largest absolute Gasteiger partial charge is 0.394 e. The summed E-state index contributed by atoms with van der Waals surface area (Å²) in [6.45, 7) is -0.470. The number of hydrogen-bond acceptors (Lipinski definition) is 6. The Morgan fingerprint density at radius 3 is 2.15 bits per heavy atom. The van der Waals surface area contributed by atoms with Crippen molar-refractivity contribution in [3.8, 4) is 0 Å². The molecule has 0 aliphatic carbocycles. The molecule has 13 heavy (non-hydrogen) atoms. The summed E-state index contributed by atoms with van der Waals surface area (Å²) in [6.07, 6.45) is -4.85. The number of hydrogen-bond donors (Lipinski definition) is 5. The van der Waals surface area contributed by atoms with Crippen LogP contribution in [-0.4, -0.2) is 57.7 Å². The van der Waals surface area contributed by atoms with Crippen molar-refractivity contribution < 1.29 is 29.9 Å². The van der Waals surface area contributed by atoms with E-state index in [1.807, 2.05) is 0 Å². The molecule has 80 valence electrons. The van der Waals surface area contributed by atoms with Crippen LogP contribution >= 0.6 is 0 Å². The number of aliphatic hydroxyl groups is 4. The van der Waals surface area contributed by atoms with Crippen LogP contribution in [0.2, 0.25) is 0 Å². The molecule has 0 spiro atoms. The minimum absolute atomic E-state index is 0. The smallest absolute Gasteiger partial charge is 0.173 e. The Morgan fingerprint density at radius 1 is 1.15 bits per heavy atom. The van der Waals surface area contributed by atoms with Gasteiger partial charge in [0.1, 0.15) is 18.3 Å². The van der Waals surface area contributed by atoms with E-state index in [4.69, 9.17) is 20.7 Å². The van der Waals surface area contributed by atoms with Gasteiger partial charge < -0.3 is 30.9 Å². The highest BCUT2D eigenvalue weighted by Crippen LogP contribution is 2.17. The molecule has 1 aliphatic heterocycles. The lowest BCUT2D eigenvalue weighted by atomic mass is 9.98. The third-order valence-corrected chi connectivity index (χ3v) is 1.95. The van der Waals surface area contributed by atoms with Crippen molar-refractivity contribution in [1.29, 1.82) is 0 Å². The number of ether oxygens (including phenoxy) is 1. The summed E-state index contributed by atoms with van der Waals surface area (Å²) in [4.78, 5) is 0. The molecule has 0 radical (unpaired) electrons. The molecule has 1 rings (SSSR count). The van der Waals surface area contributed by atoms with Crippen molar-refractivity contribution in [1.82, 2.24) is 0 Å². The van der Waals surface area contributed by atoms with Gasteiger partial charge in [0.05, 0.1) is 12.6 Å². The first-order chi connectivity index (χ1) is 5.57. The lowest BCUT2D eigenvalue weighted by Gasteiger charge is -2.38. The summed E-state index contributed by atoms with van der Waals surface area (Å²) in [5.41, 5.74) is 5.26. The van der Waals surface area contributed by atoms with Crippen molar-refractivity contribution in [2.75, 3.05) is 6.61 Å². The summed E-state index contributed by atoms with van der Waals surface area (Å²) in [6, 6.07) is -1.04. The number of nitrogens with two attached hydrogens (primary N) is 1. The van der Waals surface area contributed by atoms with Crippen LogP contribution in [0.15, 0.2) is 0 Å². The lowest BCUT2D eigenvalue weighted by molar-refractivity contribution is -0.248. The molecular weight excluding hydrogens is 185 g/mol. The molecule has 5 atom stereocenters. The molecule has 1 fully saturated rings. The standard InChI is InChI=1S/C6H13NO5.FH/c7-3-5(10)4(9)2(1-8)12-6(3)11;/h2-6,8-11H,1,7H2;1H/t2-,3-,4-,5-,6?;/m1./s1. The maximum Gasteiger partial charge on any atom is 0.173 e. The van der Waals surface area contributed by atoms with E-state index < -0.39 is 37.3 Å². The van der Waals surface area contributed by atoms with Crippen molar-refractivity contribution in [2.45, 2.75) is 30.6 Å². The van der Waals surface area contributed by atoms with Gasteiger partial charge in [-0.05, 0) is 0 Å². The zero-order valence-electron chi connectivity index (χ0n) is 6.78. The Morgan fingerprint density at radius 2 is 1.69 bits per heavy atom. The van der Waals surface area contributed by atoms with E-state index in [1.165, 1.54) is 0 Å².